The fourth-order valence-corrected chi connectivity index (χ4v) is 5.10. The molecule has 8 heteroatoms. The van der Waals surface area contributed by atoms with Crippen LogP contribution in [-0.2, 0) is 21.2 Å². The van der Waals surface area contributed by atoms with Gasteiger partial charge < -0.3 is 9.64 Å². The van der Waals surface area contributed by atoms with E-state index in [-0.39, 0.29) is 22.4 Å². The fraction of sp³-hybridized carbons (Fsp3) is 0.316. The molecule has 0 saturated heterocycles. The second-order valence-electron chi connectivity index (χ2n) is 6.79. The molecule has 0 bridgehead atoms. The predicted molar refractivity (Wildman–Crippen MR) is 104 cm³/mol. The molecule has 0 fully saturated rings. The molecule has 2 aliphatic heterocycles. The number of rotatable bonds is 4. The van der Waals surface area contributed by atoms with Gasteiger partial charge in [0.05, 0.1) is 29.3 Å². The van der Waals surface area contributed by atoms with Gasteiger partial charge in [-0.1, -0.05) is 11.6 Å². The molecule has 0 aromatic heterocycles. The standard InChI is InChI=1S/C19H19ClN2O4S/c1-11-15-10-14(8-12-4-3-7-22(18(12)15)19(11)23)27(24,25)21-16-9-13(20)5-6-17(16)26-2/h5-6,8-11,21H,3-4,7H2,1-2H3. The van der Waals surface area contributed by atoms with Crippen molar-refractivity contribution in [2.45, 2.75) is 30.6 Å². The van der Waals surface area contributed by atoms with Gasteiger partial charge >= 0.3 is 0 Å². The SMILES string of the molecule is COc1ccc(Cl)cc1NS(=O)(=O)c1cc2c3c(c1)C(C)C(=O)N3CCC2. The van der Waals surface area contributed by atoms with E-state index in [4.69, 9.17) is 16.3 Å². The van der Waals surface area contributed by atoms with Crippen molar-refractivity contribution in [3.05, 3.63) is 46.5 Å². The Balaban J connectivity index is 1.78. The van der Waals surface area contributed by atoms with Crippen LogP contribution in [0.25, 0.3) is 0 Å². The van der Waals surface area contributed by atoms with Crippen LogP contribution in [0.5, 0.6) is 5.75 Å². The number of methoxy groups -OCH3 is 1. The largest absolute Gasteiger partial charge is 0.495 e. The molecule has 1 unspecified atom stereocenters. The van der Waals surface area contributed by atoms with Gasteiger partial charge in [0.25, 0.3) is 10.0 Å². The van der Waals surface area contributed by atoms with Gasteiger partial charge in [-0.3, -0.25) is 9.52 Å². The summed E-state index contributed by atoms with van der Waals surface area (Å²) in [6.07, 6.45) is 1.58. The van der Waals surface area contributed by atoms with Crippen LogP contribution in [0.3, 0.4) is 0 Å². The predicted octanol–water partition coefficient (Wildman–Crippen LogP) is 3.55. The van der Waals surface area contributed by atoms with Crippen LogP contribution in [0.1, 0.15) is 30.4 Å². The zero-order chi connectivity index (χ0) is 19.3. The van der Waals surface area contributed by atoms with Gasteiger partial charge in [0, 0.05) is 11.6 Å². The first-order valence-electron chi connectivity index (χ1n) is 8.66. The summed E-state index contributed by atoms with van der Waals surface area (Å²) < 4.78 is 33.8. The summed E-state index contributed by atoms with van der Waals surface area (Å²) in [7, 11) is -2.41. The Morgan fingerprint density at radius 3 is 2.78 bits per heavy atom. The molecular weight excluding hydrogens is 388 g/mol. The Labute approximate surface area is 163 Å². The Morgan fingerprint density at radius 2 is 2.04 bits per heavy atom. The van der Waals surface area contributed by atoms with E-state index in [9.17, 15) is 13.2 Å². The van der Waals surface area contributed by atoms with Gasteiger partial charge in [0.1, 0.15) is 5.75 Å². The Morgan fingerprint density at radius 1 is 1.26 bits per heavy atom. The van der Waals surface area contributed by atoms with Crippen molar-refractivity contribution in [3.8, 4) is 5.75 Å². The van der Waals surface area contributed by atoms with Crippen LogP contribution < -0.4 is 14.4 Å². The number of hydrogen-bond acceptors (Lipinski definition) is 4. The summed E-state index contributed by atoms with van der Waals surface area (Å²) >= 11 is 6.00. The van der Waals surface area contributed by atoms with Crippen molar-refractivity contribution in [2.75, 3.05) is 23.3 Å². The molecular formula is C19H19ClN2O4S. The van der Waals surface area contributed by atoms with Gasteiger partial charge in [-0.25, -0.2) is 8.42 Å². The molecule has 6 nitrogen and oxygen atoms in total. The van der Waals surface area contributed by atoms with E-state index in [0.717, 1.165) is 29.7 Å². The summed E-state index contributed by atoms with van der Waals surface area (Å²) in [4.78, 5) is 14.4. The maximum Gasteiger partial charge on any atom is 0.262 e. The molecule has 27 heavy (non-hydrogen) atoms. The lowest BCUT2D eigenvalue weighted by Crippen LogP contribution is -2.32. The molecule has 2 aromatic carbocycles. The lowest BCUT2D eigenvalue weighted by Gasteiger charge is -2.26. The smallest absolute Gasteiger partial charge is 0.262 e. The molecule has 1 N–H and O–H groups in total. The minimum atomic E-state index is -3.87. The highest BCUT2D eigenvalue weighted by Gasteiger charge is 2.38. The third-order valence-electron chi connectivity index (χ3n) is 5.11. The quantitative estimate of drug-likeness (QED) is 0.842. The number of nitrogens with zero attached hydrogens (tertiary/aromatic N) is 1. The Bertz CT molecular complexity index is 1050. The number of carbonyl (C=O) groups is 1. The number of benzene rings is 2. The molecule has 0 spiro atoms. The number of amides is 1. The number of anilines is 2. The molecule has 1 amide bonds. The number of ether oxygens (including phenoxy) is 1. The number of sulfonamides is 1. The average molecular weight is 407 g/mol. The van der Waals surface area contributed by atoms with Crippen LogP contribution >= 0.6 is 11.6 Å². The van der Waals surface area contributed by atoms with Gasteiger partial charge in [-0.2, -0.15) is 0 Å². The van der Waals surface area contributed by atoms with Crippen molar-refractivity contribution in [1.82, 2.24) is 0 Å². The summed E-state index contributed by atoms with van der Waals surface area (Å²) in [6, 6.07) is 8.00. The first-order chi connectivity index (χ1) is 12.8. The van der Waals surface area contributed by atoms with Crippen molar-refractivity contribution >= 4 is 38.9 Å². The summed E-state index contributed by atoms with van der Waals surface area (Å²) in [5.41, 5.74) is 2.83. The van der Waals surface area contributed by atoms with Crippen molar-refractivity contribution in [1.29, 1.82) is 0 Å². The second-order valence-corrected chi connectivity index (χ2v) is 8.90. The van der Waals surface area contributed by atoms with E-state index in [0.29, 0.717) is 17.3 Å². The fourth-order valence-electron chi connectivity index (χ4n) is 3.78. The van der Waals surface area contributed by atoms with Gasteiger partial charge in [0.15, 0.2) is 0 Å². The zero-order valence-electron chi connectivity index (χ0n) is 15.0. The number of aryl methyl sites for hydroxylation is 1. The van der Waals surface area contributed by atoms with E-state index in [2.05, 4.69) is 4.72 Å². The highest BCUT2D eigenvalue weighted by Crippen LogP contribution is 2.44. The van der Waals surface area contributed by atoms with E-state index in [1.807, 2.05) is 6.92 Å². The van der Waals surface area contributed by atoms with Crippen LogP contribution in [0.2, 0.25) is 5.02 Å². The lowest BCUT2D eigenvalue weighted by atomic mass is 9.97. The topological polar surface area (TPSA) is 75.7 Å². The normalized spacial score (nSPS) is 18.4. The number of hydrogen-bond donors (Lipinski definition) is 1. The van der Waals surface area contributed by atoms with Crippen molar-refractivity contribution in [2.24, 2.45) is 0 Å². The maximum absolute atomic E-state index is 13.0. The molecule has 0 radical (unpaired) electrons. The van der Waals surface area contributed by atoms with Gasteiger partial charge in [0.2, 0.25) is 5.91 Å². The van der Waals surface area contributed by atoms with E-state index < -0.39 is 10.0 Å². The highest BCUT2D eigenvalue weighted by atomic mass is 35.5. The zero-order valence-corrected chi connectivity index (χ0v) is 16.5. The average Bonchev–Trinajstić information content (AvgIpc) is 2.88. The monoisotopic (exact) mass is 406 g/mol. The van der Waals surface area contributed by atoms with Crippen molar-refractivity contribution < 1.29 is 17.9 Å². The van der Waals surface area contributed by atoms with E-state index in [1.54, 1.807) is 29.2 Å². The Hall–Kier alpha value is -2.25. The highest BCUT2D eigenvalue weighted by molar-refractivity contribution is 7.92. The lowest BCUT2D eigenvalue weighted by molar-refractivity contribution is -0.119. The molecule has 1 atom stereocenters. The molecule has 2 aliphatic rings. The van der Waals surface area contributed by atoms with Crippen LogP contribution in [-0.4, -0.2) is 28.0 Å². The number of nitrogens with one attached hydrogen (secondary N) is 1. The molecule has 142 valence electrons. The van der Waals surface area contributed by atoms with E-state index in [1.165, 1.54) is 13.2 Å². The first-order valence-corrected chi connectivity index (χ1v) is 10.5. The second kappa shape index (κ2) is 6.42. The summed E-state index contributed by atoms with van der Waals surface area (Å²) in [6.45, 7) is 2.51. The van der Waals surface area contributed by atoms with Crippen LogP contribution in [0.4, 0.5) is 11.4 Å². The maximum atomic E-state index is 13.0. The first kappa shape index (κ1) is 18.1. The minimum Gasteiger partial charge on any atom is -0.495 e. The molecule has 4 rings (SSSR count). The van der Waals surface area contributed by atoms with Crippen LogP contribution in [0.15, 0.2) is 35.2 Å². The minimum absolute atomic E-state index is 0.0324. The summed E-state index contributed by atoms with van der Waals surface area (Å²) in [5, 5.41) is 0.396. The van der Waals surface area contributed by atoms with Crippen LogP contribution in [0, 0.1) is 0 Å². The van der Waals surface area contributed by atoms with Gasteiger partial charge in [-0.05, 0) is 61.2 Å². The van der Waals surface area contributed by atoms with Crippen molar-refractivity contribution in [3.63, 3.8) is 0 Å². The van der Waals surface area contributed by atoms with E-state index >= 15 is 0 Å². The molecule has 0 aliphatic carbocycles. The Kier molecular flexibility index (Phi) is 4.31. The third-order valence-corrected chi connectivity index (χ3v) is 6.69. The number of halogens is 1. The molecule has 2 aromatic rings. The number of carbonyl (C=O) groups excluding carboxylic acids is 1. The third kappa shape index (κ3) is 2.95. The molecule has 0 saturated carbocycles. The molecule has 2 heterocycles. The summed E-state index contributed by atoms with van der Waals surface area (Å²) in [5.74, 6) is 0.0675. The van der Waals surface area contributed by atoms with Gasteiger partial charge in [-0.15, -0.1) is 0 Å².